The van der Waals surface area contributed by atoms with Crippen LogP contribution in [0.4, 0.5) is 4.79 Å². The van der Waals surface area contributed by atoms with E-state index >= 15 is 0 Å². The van der Waals surface area contributed by atoms with E-state index in [4.69, 9.17) is 9.47 Å². The lowest BCUT2D eigenvalue weighted by molar-refractivity contribution is -0.159. The fourth-order valence-electron chi connectivity index (χ4n) is 4.93. The minimum atomic E-state index is -1.04. The van der Waals surface area contributed by atoms with Gasteiger partial charge in [0.1, 0.15) is 29.3 Å². The summed E-state index contributed by atoms with van der Waals surface area (Å²) in [7, 11) is 0. The van der Waals surface area contributed by atoms with Crippen LogP contribution in [0.3, 0.4) is 0 Å². The third kappa shape index (κ3) is 11.0. The SMILES string of the molecule is CC(C)CC(NC(=O)OC(C)(C)C)C(=O)N(C1CC1)C(C(=O)NC(Cc1ccccc1)C(=O)OC(C)(C)C)c1ccccc1. The zero-order valence-corrected chi connectivity index (χ0v) is 27.4. The highest BCUT2D eigenvalue weighted by Gasteiger charge is 2.45. The van der Waals surface area contributed by atoms with Crippen molar-refractivity contribution in [2.24, 2.45) is 5.92 Å². The molecule has 2 aromatic rings. The second-order valence-electron chi connectivity index (χ2n) is 13.9. The number of nitrogens with zero attached hydrogens (tertiary/aromatic N) is 1. The number of ether oxygens (including phenoxy) is 2. The number of rotatable bonds is 12. The number of benzene rings is 2. The minimum absolute atomic E-state index is 0.0753. The maximum atomic E-state index is 14.4. The topological polar surface area (TPSA) is 114 Å². The molecular formula is C35H49N3O6. The molecule has 0 saturated heterocycles. The largest absolute Gasteiger partial charge is 0.458 e. The molecule has 0 aromatic heterocycles. The lowest BCUT2D eigenvalue weighted by Gasteiger charge is -2.36. The molecule has 3 unspecified atom stereocenters. The standard InChI is InChI=1S/C35H49N3O6/c1-23(2)21-27(37-33(42)44-35(6,7)8)31(40)38(26-19-20-26)29(25-17-13-10-14-18-25)30(39)36-28(32(41)43-34(3,4)5)22-24-15-11-9-12-16-24/h9-18,23,26-29H,19-22H2,1-8H3,(H,36,39)(H,37,42). The van der Waals surface area contributed by atoms with Crippen LogP contribution < -0.4 is 10.6 Å². The van der Waals surface area contributed by atoms with Crippen LogP contribution in [0.2, 0.25) is 0 Å². The highest BCUT2D eigenvalue weighted by Crippen LogP contribution is 2.36. The Kier molecular flexibility index (Phi) is 11.6. The van der Waals surface area contributed by atoms with Crippen molar-refractivity contribution < 1.29 is 28.7 Å². The summed E-state index contributed by atoms with van der Waals surface area (Å²) in [4.78, 5) is 56.5. The van der Waals surface area contributed by atoms with Gasteiger partial charge < -0.3 is 25.0 Å². The van der Waals surface area contributed by atoms with Gasteiger partial charge in [0.05, 0.1) is 0 Å². The summed E-state index contributed by atoms with van der Waals surface area (Å²) < 4.78 is 11.2. The molecule has 0 radical (unpaired) electrons. The van der Waals surface area contributed by atoms with E-state index in [0.717, 1.165) is 18.4 Å². The molecule has 0 heterocycles. The monoisotopic (exact) mass is 607 g/mol. The van der Waals surface area contributed by atoms with Crippen LogP contribution in [-0.4, -0.2) is 58.1 Å². The first-order valence-electron chi connectivity index (χ1n) is 15.5. The van der Waals surface area contributed by atoms with Crippen molar-refractivity contribution in [1.29, 1.82) is 0 Å². The number of carbonyl (C=O) groups is 4. The smallest absolute Gasteiger partial charge is 0.408 e. The van der Waals surface area contributed by atoms with Crippen LogP contribution >= 0.6 is 0 Å². The molecular weight excluding hydrogens is 558 g/mol. The van der Waals surface area contributed by atoms with E-state index in [1.54, 1.807) is 58.6 Å². The van der Waals surface area contributed by atoms with Gasteiger partial charge in [-0.15, -0.1) is 0 Å². The van der Waals surface area contributed by atoms with Crippen LogP contribution in [0.25, 0.3) is 0 Å². The Morgan fingerprint density at radius 1 is 0.795 bits per heavy atom. The summed E-state index contributed by atoms with van der Waals surface area (Å²) in [6.07, 6.45) is 1.33. The number of amides is 3. The first kappa shape index (κ1) is 34.6. The van der Waals surface area contributed by atoms with Crippen LogP contribution in [-0.2, 0) is 30.3 Å². The molecule has 0 bridgehead atoms. The Bertz CT molecular complexity index is 1260. The number of hydrogen-bond donors (Lipinski definition) is 2. The second kappa shape index (κ2) is 14.7. The van der Waals surface area contributed by atoms with Gasteiger partial charge in [-0.1, -0.05) is 74.5 Å². The van der Waals surface area contributed by atoms with Crippen molar-refractivity contribution in [2.45, 2.75) is 116 Å². The molecule has 3 atom stereocenters. The molecule has 3 rings (SSSR count). The average molecular weight is 608 g/mol. The molecule has 0 spiro atoms. The Morgan fingerprint density at radius 3 is 1.84 bits per heavy atom. The van der Waals surface area contributed by atoms with Crippen molar-refractivity contribution in [1.82, 2.24) is 15.5 Å². The van der Waals surface area contributed by atoms with Crippen LogP contribution in [0.1, 0.15) is 91.8 Å². The molecule has 0 aliphatic heterocycles. The number of esters is 1. The Hall–Kier alpha value is -3.88. The first-order chi connectivity index (χ1) is 20.5. The van der Waals surface area contributed by atoms with Gasteiger partial charge in [0.2, 0.25) is 11.8 Å². The van der Waals surface area contributed by atoms with Crippen molar-refractivity contribution in [3.05, 3.63) is 71.8 Å². The Labute approximate surface area is 262 Å². The van der Waals surface area contributed by atoms with E-state index in [0.29, 0.717) is 12.0 Å². The molecule has 3 amide bonds. The Morgan fingerprint density at radius 2 is 1.34 bits per heavy atom. The number of carbonyl (C=O) groups excluding carboxylic acids is 4. The van der Waals surface area contributed by atoms with Crippen LogP contribution in [0.15, 0.2) is 60.7 Å². The molecule has 1 aliphatic rings. The molecule has 2 N–H and O–H groups in total. The normalized spacial score (nSPS) is 15.5. The van der Waals surface area contributed by atoms with Gasteiger partial charge in [-0.25, -0.2) is 9.59 Å². The molecule has 2 aromatic carbocycles. The highest BCUT2D eigenvalue weighted by atomic mass is 16.6. The zero-order valence-electron chi connectivity index (χ0n) is 27.4. The summed E-state index contributed by atoms with van der Waals surface area (Å²) in [5, 5.41) is 5.71. The lowest BCUT2D eigenvalue weighted by Crippen LogP contribution is -2.55. The Balaban J connectivity index is 1.99. The molecule has 9 nitrogen and oxygen atoms in total. The van der Waals surface area contributed by atoms with Gasteiger partial charge in [0.25, 0.3) is 0 Å². The van der Waals surface area contributed by atoms with Crippen molar-refractivity contribution in [3.63, 3.8) is 0 Å². The molecule has 1 saturated carbocycles. The average Bonchev–Trinajstić information content (AvgIpc) is 3.74. The molecule has 240 valence electrons. The molecule has 1 aliphatic carbocycles. The minimum Gasteiger partial charge on any atom is -0.458 e. The van der Waals surface area contributed by atoms with Crippen LogP contribution in [0.5, 0.6) is 0 Å². The molecule has 9 heteroatoms. The number of hydrogen-bond acceptors (Lipinski definition) is 6. The van der Waals surface area contributed by atoms with E-state index < -0.39 is 47.3 Å². The summed E-state index contributed by atoms with van der Waals surface area (Å²) in [6.45, 7) is 14.5. The van der Waals surface area contributed by atoms with Gasteiger partial charge in [-0.05, 0) is 77.8 Å². The van der Waals surface area contributed by atoms with E-state index in [1.807, 2.05) is 62.4 Å². The molecule has 1 fully saturated rings. The van der Waals surface area contributed by atoms with Gasteiger partial charge in [0, 0.05) is 12.5 Å². The van der Waals surface area contributed by atoms with Crippen molar-refractivity contribution in [3.8, 4) is 0 Å². The number of nitrogens with one attached hydrogen (secondary N) is 2. The third-order valence-electron chi connectivity index (χ3n) is 6.82. The fourth-order valence-corrected chi connectivity index (χ4v) is 4.93. The second-order valence-corrected chi connectivity index (χ2v) is 13.9. The number of alkyl carbamates (subject to hydrolysis) is 1. The van der Waals surface area contributed by atoms with E-state index in [2.05, 4.69) is 10.6 Å². The van der Waals surface area contributed by atoms with Crippen molar-refractivity contribution >= 4 is 23.9 Å². The maximum Gasteiger partial charge on any atom is 0.408 e. The quantitative estimate of drug-likeness (QED) is 0.298. The summed E-state index contributed by atoms with van der Waals surface area (Å²) in [5.74, 6) is -1.35. The fraction of sp³-hybridized carbons (Fsp3) is 0.543. The summed E-state index contributed by atoms with van der Waals surface area (Å²) >= 11 is 0. The summed E-state index contributed by atoms with van der Waals surface area (Å²) in [6, 6.07) is 15.3. The van der Waals surface area contributed by atoms with E-state index in [9.17, 15) is 19.2 Å². The van der Waals surface area contributed by atoms with E-state index in [1.165, 1.54) is 0 Å². The zero-order chi connectivity index (χ0) is 32.7. The van der Waals surface area contributed by atoms with Crippen molar-refractivity contribution in [2.75, 3.05) is 0 Å². The first-order valence-corrected chi connectivity index (χ1v) is 15.5. The maximum absolute atomic E-state index is 14.4. The lowest BCUT2D eigenvalue weighted by atomic mass is 9.98. The molecule has 44 heavy (non-hydrogen) atoms. The predicted octanol–water partition coefficient (Wildman–Crippen LogP) is 5.73. The highest BCUT2D eigenvalue weighted by molar-refractivity contribution is 5.94. The van der Waals surface area contributed by atoms with Gasteiger partial charge >= 0.3 is 12.1 Å². The predicted molar refractivity (Wildman–Crippen MR) is 170 cm³/mol. The summed E-state index contributed by atoms with van der Waals surface area (Å²) in [5.41, 5.74) is -0.0431. The third-order valence-corrected chi connectivity index (χ3v) is 6.82. The van der Waals surface area contributed by atoms with Crippen LogP contribution in [0, 0.1) is 5.92 Å². The van der Waals surface area contributed by atoms with E-state index in [-0.39, 0.29) is 24.3 Å². The van der Waals surface area contributed by atoms with Gasteiger partial charge in [-0.3, -0.25) is 9.59 Å². The van der Waals surface area contributed by atoms with Gasteiger partial charge in [-0.2, -0.15) is 0 Å². The van der Waals surface area contributed by atoms with Gasteiger partial charge in [0.15, 0.2) is 0 Å².